The molecule has 0 atom stereocenters. The van der Waals surface area contributed by atoms with E-state index in [2.05, 4.69) is 10.6 Å². The van der Waals surface area contributed by atoms with Gasteiger partial charge in [0.15, 0.2) is 11.5 Å². The van der Waals surface area contributed by atoms with E-state index in [1.165, 1.54) is 0 Å². The monoisotopic (exact) mass is 326 g/mol. The van der Waals surface area contributed by atoms with Crippen molar-refractivity contribution in [2.75, 3.05) is 14.2 Å². The second-order valence-electron chi connectivity index (χ2n) is 5.95. The summed E-state index contributed by atoms with van der Waals surface area (Å²) in [5, 5.41) is 6.01. The van der Waals surface area contributed by atoms with Crippen LogP contribution in [0.5, 0.6) is 11.5 Å². The average molecular weight is 326 g/mol. The van der Waals surface area contributed by atoms with Crippen molar-refractivity contribution >= 4 is 6.03 Å². The Morgan fingerprint density at radius 3 is 2.38 bits per heavy atom. The van der Waals surface area contributed by atoms with Crippen LogP contribution in [0.4, 0.5) is 4.79 Å². The Morgan fingerprint density at radius 2 is 1.75 bits per heavy atom. The molecule has 5 heteroatoms. The van der Waals surface area contributed by atoms with Crippen molar-refractivity contribution in [3.8, 4) is 11.5 Å². The van der Waals surface area contributed by atoms with Crippen LogP contribution in [0.25, 0.3) is 0 Å². The van der Waals surface area contributed by atoms with Crippen LogP contribution in [0.3, 0.4) is 0 Å². The lowest BCUT2D eigenvalue weighted by molar-refractivity contribution is 0.235. The van der Waals surface area contributed by atoms with Crippen LogP contribution < -0.4 is 20.1 Å². The maximum atomic E-state index is 12.2. The normalized spacial score (nSPS) is 14.6. The van der Waals surface area contributed by atoms with Gasteiger partial charge in [0.25, 0.3) is 0 Å². The molecular formula is C19H22N2O3. The minimum absolute atomic E-state index is 0.161. The second-order valence-corrected chi connectivity index (χ2v) is 5.95. The highest BCUT2D eigenvalue weighted by molar-refractivity contribution is 5.75. The molecule has 0 bridgehead atoms. The number of carbonyl (C=O) groups excluding carboxylic acids is 1. The molecule has 5 nitrogen and oxygen atoms in total. The SMILES string of the molecule is COc1ccc(C2(NC(=O)NCc3ccccc3)CC2)cc1OC. The molecule has 126 valence electrons. The van der Waals surface area contributed by atoms with Crippen molar-refractivity contribution in [2.45, 2.75) is 24.9 Å². The smallest absolute Gasteiger partial charge is 0.315 e. The minimum Gasteiger partial charge on any atom is -0.493 e. The van der Waals surface area contributed by atoms with E-state index in [0.29, 0.717) is 18.0 Å². The van der Waals surface area contributed by atoms with E-state index in [-0.39, 0.29) is 11.6 Å². The summed E-state index contributed by atoms with van der Waals surface area (Å²) < 4.78 is 10.6. The molecule has 2 amide bonds. The fourth-order valence-electron chi connectivity index (χ4n) is 2.78. The summed E-state index contributed by atoms with van der Waals surface area (Å²) in [7, 11) is 3.22. The molecule has 24 heavy (non-hydrogen) atoms. The van der Waals surface area contributed by atoms with Crippen molar-refractivity contribution in [3.05, 3.63) is 59.7 Å². The zero-order valence-corrected chi connectivity index (χ0v) is 14.0. The van der Waals surface area contributed by atoms with E-state index < -0.39 is 0 Å². The number of hydrogen-bond acceptors (Lipinski definition) is 3. The largest absolute Gasteiger partial charge is 0.493 e. The number of ether oxygens (including phenoxy) is 2. The van der Waals surface area contributed by atoms with Crippen molar-refractivity contribution in [1.29, 1.82) is 0 Å². The zero-order chi connectivity index (χ0) is 17.0. The molecule has 3 rings (SSSR count). The molecule has 0 unspecified atom stereocenters. The van der Waals surface area contributed by atoms with E-state index in [9.17, 15) is 4.79 Å². The van der Waals surface area contributed by atoms with Gasteiger partial charge in [-0.1, -0.05) is 36.4 Å². The molecule has 0 radical (unpaired) electrons. The molecule has 2 aromatic carbocycles. The quantitative estimate of drug-likeness (QED) is 0.857. The molecule has 1 fully saturated rings. The fraction of sp³-hybridized carbons (Fsp3) is 0.316. The van der Waals surface area contributed by atoms with Gasteiger partial charge in [0.05, 0.1) is 19.8 Å². The lowest BCUT2D eigenvalue weighted by Gasteiger charge is -2.20. The maximum absolute atomic E-state index is 12.2. The Balaban J connectivity index is 1.65. The van der Waals surface area contributed by atoms with Crippen LogP contribution in [0, 0.1) is 0 Å². The summed E-state index contributed by atoms with van der Waals surface area (Å²) in [6, 6.07) is 15.5. The van der Waals surface area contributed by atoms with E-state index in [1.54, 1.807) is 14.2 Å². The molecule has 0 aliphatic heterocycles. The van der Waals surface area contributed by atoms with Crippen LogP contribution in [0.2, 0.25) is 0 Å². The highest BCUT2D eigenvalue weighted by Crippen LogP contribution is 2.47. The lowest BCUT2D eigenvalue weighted by atomic mass is 10.0. The molecule has 0 saturated heterocycles. The van der Waals surface area contributed by atoms with Gasteiger partial charge >= 0.3 is 6.03 Å². The van der Waals surface area contributed by atoms with Gasteiger partial charge in [-0.2, -0.15) is 0 Å². The first-order valence-corrected chi connectivity index (χ1v) is 7.99. The summed E-state index contributed by atoms with van der Waals surface area (Å²) in [5.41, 5.74) is 1.80. The molecule has 2 N–H and O–H groups in total. The fourth-order valence-corrected chi connectivity index (χ4v) is 2.78. The first-order chi connectivity index (χ1) is 11.7. The number of hydrogen-bond donors (Lipinski definition) is 2. The van der Waals surface area contributed by atoms with Gasteiger partial charge in [0, 0.05) is 6.54 Å². The lowest BCUT2D eigenvalue weighted by Crippen LogP contribution is -2.41. The second kappa shape index (κ2) is 6.83. The molecule has 0 heterocycles. The molecule has 1 aliphatic rings. The predicted molar refractivity (Wildman–Crippen MR) is 92.3 cm³/mol. The van der Waals surface area contributed by atoms with Crippen molar-refractivity contribution < 1.29 is 14.3 Å². The highest BCUT2D eigenvalue weighted by atomic mass is 16.5. The average Bonchev–Trinajstić information content (AvgIpc) is 3.41. The van der Waals surface area contributed by atoms with Gasteiger partial charge in [0.1, 0.15) is 0 Å². The summed E-state index contributed by atoms with van der Waals surface area (Å²) in [5.74, 6) is 1.36. The molecular weight excluding hydrogens is 304 g/mol. The van der Waals surface area contributed by atoms with E-state index in [1.807, 2.05) is 48.5 Å². The Morgan fingerprint density at radius 1 is 1.04 bits per heavy atom. The number of carbonyl (C=O) groups is 1. The number of rotatable bonds is 6. The number of benzene rings is 2. The summed E-state index contributed by atoms with van der Waals surface area (Å²) in [6.07, 6.45) is 1.84. The Hall–Kier alpha value is -2.69. The van der Waals surface area contributed by atoms with Crippen molar-refractivity contribution in [1.82, 2.24) is 10.6 Å². The first kappa shape index (κ1) is 16.2. The Labute approximate surface area is 142 Å². The van der Waals surface area contributed by atoms with Crippen LogP contribution in [-0.4, -0.2) is 20.3 Å². The zero-order valence-electron chi connectivity index (χ0n) is 14.0. The van der Waals surface area contributed by atoms with Crippen LogP contribution in [0.15, 0.2) is 48.5 Å². The number of urea groups is 1. The van der Waals surface area contributed by atoms with Gasteiger partial charge in [-0.05, 0) is 36.1 Å². The maximum Gasteiger partial charge on any atom is 0.315 e. The highest BCUT2D eigenvalue weighted by Gasteiger charge is 2.46. The van der Waals surface area contributed by atoms with E-state index in [4.69, 9.17) is 9.47 Å². The predicted octanol–water partition coefficient (Wildman–Crippen LogP) is 3.19. The third-order valence-electron chi connectivity index (χ3n) is 4.33. The molecule has 0 spiro atoms. The number of amides is 2. The summed E-state index contributed by atoms with van der Waals surface area (Å²) in [4.78, 5) is 12.2. The van der Waals surface area contributed by atoms with Gasteiger partial charge in [-0.3, -0.25) is 0 Å². The van der Waals surface area contributed by atoms with Crippen LogP contribution >= 0.6 is 0 Å². The third-order valence-corrected chi connectivity index (χ3v) is 4.33. The van der Waals surface area contributed by atoms with Gasteiger partial charge in [-0.25, -0.2) is 4.79 Å². The van der Waals surface area contributed by atoms with Crippen LogP contribution in [0.1, 0.15) is 24.0 Å². The summed E-state index contributed by atoms with van der Waals surface area (Å²) >= 11 is 0. The molecule has 1 saturated carbocycles. The first-order valence-electron chi connectivity index (χ1n) is 7.99. The van der Waals surface area contributed by atoms with Gasteiger partial charge < -0.3 is 20.1 Å². The topological polar surface area (TPSA) is 59.6 Å². The van der Waals surface area contributed by atoms with Crippen molar-refractivity contribution in [2.24, 2.45) is 0 Å². The Kier molecular flexibility index (Phi) is 4.60. The number of nitrogens with one attached hydrogen (secondary N) is 2. The molecule has 0 aromatic heterocycles. The van der Waals surface area contributed by atoms with E-state index >= 15 is 0 Å². The number of methoxy groups -OCH3 is 2. The molecule has 1 aliphatic carbocycles. The minimum atomic E-state index is -0.305. The van der Waals surface area contributed by atoms with Gasteiger partial charge in [-0.15, -0.1) is 0 Å². The third kappa shape index (κ3) is 3.45. The standard InChI is InChI=1S/C19H22N2O3/c1-23-16-9-8-15(12-17(16)24-2)19(10-11-19)21-18(22)20-13-14-6-4-3-5-7-14/h3-9,12H,10-11,13H2,1-2H3,(H2,20,21,22). The Bertz CT molecular complexity index is 712. The van der Waals surface area contributed by atoms with Crippen LogP contribution in [-0.2, 0) is 12.1 Å². The summed E-state index contributed by atoms with van der Waals surface area (Å²) in [6.45, 7) is 0.509. The van der Waals surface area contributed by atoms with E-state index in [0.717, 1.165) is 24.0 Å². The van der Waals surface area contributed by atoms with Gasteiger partial charge in [0.2, 0.25) is 0 Å². The molecule has 2 aromatic rings. The van der Waals surface area contributed by atoms with Crippen molar-refractivity contribution in [3.63, 3.8) is 0 Å².